The van der Waals surface area contributed by atoms with E-state index in [-0.39, 0.29) is 12.1 Å². The SMILES string of the molecule is CCc1c(F)ccc2cc(OC(OC)C3CC3C)cc(B3OC(C)(C)C(C)(C)O3)c12. The zero-order chi connectivity index (χ0) is 21.8. The van der Waals surface area contributed by atoms with Gasteiger partial charge in [-0.2, -0.15) is 0 Å². The van der Waals surface area contributed by atoms with Crippen LogP contribution in [0.15, 0.2) is 24.3 Å². The largest absolute Gasteiger partial charge is 0.495 e. The van der Waals surface area contributed by atoms with Crippen LogP contribution in [-0.4, -0.2) is 31.7 Å². The molecule has 0 bridgehead atoms. The Labute approximate surface area is 179 Å². The zero-order valence-electron chi connectivity index (χ0n) is 19.0. The van der Waals surface area contributed by atoms with Crippen LogP contribution >= 0.6 is 0 Å². The maximum absolute atomic E-state index is 14.7. The highest BCUT2D eigenvalue weighted by molar-refractivity contribution is 6.65. The number of hydrogen-bond donors (Lipinski definition) is 0. The number of aryl methyl sites for hydroxylation is 1. The summed E-state index contributed by atoms with van der Waals surface area (Å²) in [7, 11) is 1.07. The van der Waals surface area contributed by atoms with Crippen molar-refractivity contribution in [1.29, 1.82) is 0 Å². The second-order valence-electron chi connectivity index (χ2n) is 9.68. The molecule has 4 nitrogen and oxygen atoms in total. The summed E-state index contributed by atoms with van der Waals surface area (Å²) in [6.45, 7) is 12.2. The highest BCUT2D eigenvalue weighted by Gasteiger charge is 2.52. The Morgan fingerprint density at radius 2 is 1.80 bits per heavy atom. The summed E-state index contributed by atoms with van der Waals surface area (Å²) in [5, 5.41) is 1.76. The van der Waals surface area contributed by atoms with Crippen molar-refractivity contribution < 1.29 is 23.2 Å². The van der Waals surface area contributed by atoms with Crippen LogP contribution in [0.5, 0.6) is 5.75 Å². The molecule has 1 saturated heterocycles. The maximum Gasteiger partial charge on any atom is 0.495 e. The molecule has 3 unspecified atom stereocenters. The molecule has 30 heavy (non-hydrogen) atoms. The van der Waals surface area contributed by atoms with E-state index in [4.69, 9.17) is 18.8 Å². The van der Waals surface area contributed by atoms with E-state index in [1.165, 1.54) is 6.07 Å². The van der Waals surface area contributed by atoms with E-state index in [0.717, 1.165) is 22.7 Å². The highest BCUT2D eigenvalue weighted by atomic mass is 19.1. The number of benzene rings is 2. The van der Waals surface area contributed by atoms with Gasteiger partial charge in [-0.1, -0.05) is 19.9 Å². The molecule has 4 rings (SSSR count). The second-order valence-corrected chi connectivity index (χ2v) is 9.68. The number of methoxy groups -OCH3 is 1. The number of fused-ring (bicyclic) bond motifs is 1. The van der Waals surface area contributed by atoms with Crippen molar-refractivity contribution >= 4 is 23.4 Å². The van der Waals surface area contributed by atoms with E-state index in [0.29, 0.717) is 29.6 Å². The molecule has 2 aliphatic rings. The Morgan fingerprint density at radius 3 is 2.33 bits per heavy atom. The van der Waals surface area contributed by atoms with Crippen molar-refractivity contribution in [2.24, 2.45) is 11.8 Å². The average molecular weight is 414 g/mol. The predicted molar refractivity (Wildman–Crippen MR) is 118 cm³/mol. The molecule has 1 aliphatic heterocycles. The summed E-state index contributed by atoms with van der Waals surface area (Å²) in [5.74, 6) is 1.47. The Balaban J connectivity index is 1.82. The summed E-state index contributed by atoms with van der Waals surface area (Å²) in [4.78, 5) is 0. The molecule has 0 N–H and O–H groups in total. The zero-order valence-corrected chi connectivity index (χ0v) is 19.0. The second kappa shape index (κ2) is 7.50. The van der Waals surface area contributed by atoms with Gasteiger partial charge in [-0.25, -0.2) is 4.39 Å². The lowest BCUT2D eigenvalue weighted by molar-refractivity contribution is -0.0710. The standard InChI is InChI=1S/C24H32BFO4/c1-8-17-20(26)10-9-15-12-16(28-22(27-7)18-11-14(18)2)13-19(21(15)17)25-29-23(3,4)24(5,6)30-25/h9-10,12-14,18,22H,8,11H2,1-7H3. The van der Waals surface area contributed by atoms with Crippen LogP contribution in [0, 0.1) is 17.7 Å². The van der Waals surface area contributed by atoms with Crippen molar-refractivity contribution in [3.05, 3.63) is 35.6 Å². The normalized spacial score (nSPS) is 25.5. The number of rotatable bonds is 6. The lowest BCUT2D eigenvalue weighted by Gasteiger charge is -2.32. The summed E-state index contributed by atoms with van der Waals surface area (Å²) in [5.41, 5.74) is 0.497. The molecule has 1 saturated carbocycles. The average Bonchev–Trinajstić information content (AvgIpc) is 3.35. The first-order chi connectivity index (χ1) is 14.1. The fourth-order valence-corrected chi connectivity index (χ4v) is 4.27. The first-order valence-electron chi connectivity index (χ1n) is 10.9. The van der Waals surface area contributed by atoms with Crippen LogP contribution in [0.4, 0.5) is 4.39 Å². The summed E-state index contributed by atoms with van der Waals surface area (Å²) in [6.07, 6.45) is 1.38. The molecule has 0 aromatic heterocycles. The van der Waals surface area contributed by atoms with Gasteiger partial charge in [-0.15, -0.1) is 0 Å². The van der Waals surface area contributed by atoms with Crippen LogP contribution < -0.4 is 10.2 Å². The third kappa shape index (κ3) is 3.63. The molecule has 162 valence electrons. The van der Waals surface area contributed by atoms with Crippen LogP contribution in [0.25, 0.3) is 10.8 Å². The van der Waals surface area contributed by atoms with Crippen molar-refractivity contribution in [2.45, 2.75) is 71.9 Å². The van der Waals surface area contributed by atoms with E-state index < -0.39 is 18.3 Å². The van der Waals surface area contributed by atoms with Crippen molar-refractivity contribution in [2.75, 3.05) is 7.11 Å². The smallest absolute Gasteiger partial charge is 0.465 e. The van der Waals surface area contributed by atoms with Gasteiger partial charge in [0.1, 0.15) is 11.6 Å². The van der Waals surface area contributed by atoms with Gasteiger partial charge in [0.05, 0.1) is 11.2 Å². The van der Waals surface area contributed by atoms with E-state index in [9.17, 15) is 4.39 Å². The molecule has 0 radical (unpaired) electrons. The Morgan fingerprint density at radius 1 is 1.17 bits per heavy atom. The molecule has 2 aromatic carbocycles. The summed E-state index contributed by atoms with van der Waals surface area (Å²) >= 11 is 0. The van der Waals surface area contributed by atoms with Crippen LogP contribution in [0.1, 0.15) is 53.5 Å². The van der Waals surface area contributed by atoms with E-state index in [1.54, 1.807) is 13.2 Å². The first kappa shape index (κ1) is 21.6. The Bertz CT molecular complexity index is 942. The molecule has 0 amide bonds. The van der Waals surface area contributed by atoms with Crippen molar-refractivity contribution in [3.8, 4) is 5.75 Å². The van der Waals surface area contributed by atoms with Crippen molar-refractivity contribution in [1.82, 2.24) is 0 Å². The van der Waals surface area contributed by atoms with Gasteiger partial charge in [0, 0.05) is 13.0 Å². The van der Waals surface area contributed by atoms with E-state index in [1.807, 2.05) is 46.8 Å². The molecule has 0 spiro atoms. The van der Waals surface area contributed by atoms with Crippen molar-refractivity contribution in [3.63, 3.8) is 0 Å². The fraction of sp³-hybridized carbons (Fsp3) is 0.583. The van der Waals surface area contributed by atoms with Crippen LogP contribution in [-0.2, 0) is 20.5 Å². The minimum atomic E-state index is -0.603. The molecule has 6 heteroatoms. The number of hydrogen-bond acceptors (Lipinski definition) is 4. The van der Waals surface area contributed by atoms with E-state index in [2.05, 4.69) is 6.92 Å². The number of ether oxygens (including phenoxy) is 2. The minimum Gasteiger partial charge on any atom is -0.465 e. The molecule has 3 atom stereocenters. The quantitative estimate of drug-likeness (QED) is 0.500. The molecular weight excluding hydrogens is 382 g/mol. The highest BCUT2D eigenvalue weighted by Crippen LogP contribution is 2.43. The molecule has 2 aromatic rings. The number of halogens is 1. The monoisotopic (exact) mass is 414 g/mol. The maximum atomic E-state index is 14.7. The van der Waals surface area contributed by atoms with Crippen LogP contribution in [0.3, 0.4) is 0 Å². The third-order valence-corrected chi connectivity index (χ3v) is 7.04. The topological polar surface area (TPSA) is 36.9 Å². The van der Waals surface area contributed by atoms with E-state index >= 15 is 0 Å². The van der Waals surface area contributed by atoms with Gasteiger partial charge >= 0.3 is 7.12 Å². The minimum absolute atomic E-state index is 0.210. The van der Waals surface area contributed by atoms with Gasteiger partial charge in [0.25, 0.3) is 0 Å². The fourth-order valence-electron chi connectivity index (χ4n) is 4.27. The molecule has 2 fully saturated rings. The lowest BCUT2D eigenvalue weighted by Crippen LogP contribution is -2.41. The molecular formula is C24H32BFO4. The molecule has 1 heterocycles. The van der Waals surface area contributed by atoms with Gasteiger partial charge < -0.3 is 18.8 Å². The first-order valence-corrected chi connectivity index (χ1v) is 10.9. The third-order valence-electron chi connectivity index (χ3n) is 7.04. The van der Waals surface area contributed by atoms with Gasteiger partial charge in [-0.3, -0.25) is 0 Å². The Kier molecular flexibility index (Phi) is 5.40. The Hall–Kier alpha value is -1.63. The summed E-state index contributed by atoms with van der Waals surface area (Å²) < 4.78 is 39.2. The van der Waals surface area contributed by atoms with Crippen LogP contribution in [0.2, 0.25) is 0 Å². The molecule has 1 aliphatic carbocycles. The van der Waals surface area contributed by atoms with Gasteiger partial charge in [0.2, 0.25) is 6.29 Å². The van der Waals surface area contributed by atoms with Gasteiger partial charge in [0.15, 0.2) is 0 Å². The lowest BCUT2D eigenvalue weighted by atomic mass is 9.74. The summed E-state index contributed by atoms with van der Waals surface area (Å²) in [6, 6.07) is 7.21. The van der Waals surface area contributed by atoms with Gasteiger partial charge in [-0.05, 0) is 86.5 Å². The predicted octanol–water partition coefficient (Wildman–Crippen LogP) is 4.85.